The number of ether oxygens (including phenoxy) is 2. The third kappa shape index (κ3) is 4.89. The molecule has 3 rings (SSSR count). The van der Waals surface area contributed by atoms with Crippen molar-refractivity contribution in [3.8, 4) is 5.75 Å². The number of carbonyl (C=O) groups is 2. The lowest BCUT2D eigenvalue weighted by Crippen LogP contribution is -2.30. The summed E-state index contributed by atoms with van der Waals surface area (Å²) in [4.78, 5) is 26.4. The van der Waals surface area contributed by atoms with Crippen LogP contribution in [0.1, 0.15) is 37.0 Å². The molecular weight excluding hydrogens is 356 g/mol. The van der Waals surface area contributed by atoms with Gasteiger partial charge in [0.25, 0.3) is 5.91 Å². The lowest BCUT2D eigenvalue weighted by atomic mass is 10.2. The first-order valence-corrected chi connectivity index (χ1v) is 9.62. The van der Waals surface area contributed by atoms with E-state index >= 15 is 0 Å². The molecule has 0 saturated carbocycles. The Balaban J connectivity index is 1.61. The largest absolute Gasteiger partial charge is 0.491 e. The number of carbonyl (C=O) groups excluding carboxylic acids is 2. The Labute approximate surface area is 165 Å². The number of nitrogens with zero attached hydrogens (tertiary/aromatic N) is 1. The van der Waals surface area contributed by atoms with E-state index < -0.39 is 0 Å². The Morgan fingerprint density at radius 2 is 1.96 bits per heavy atom. The standard InChI is InChI=1S/C22H26N2O4/c1-3-27-13-14-28-20-6-4-5-17(15-20)22(26)23-18-8-10-19(11-9-18)24-16(2)7-12-21(24)25/h4-6,8-11,15-16H,3,7,12-14H2,1-2H3,(H,23,26). The van der Waals surface area contributed by atoms with Crippen LogP contribution in [-0.2, 0) is 9.53 Å². The van der Waals surface area contributed by atoms with Crippen LogP contribution in [-0.4, -0.2) is 37.7 Å². The van der Waals surface area contributed by atoms with Gasteiger partial charge in [0.15, 0.2) is 0 Å². The molecule has 28 heavy (non-hydrogen) atoms. The first kappa shape index (κ1) is 19.9. The fourth-order valence-corrected chi connectivity index (χ4v) is 3.22. The lowest BCUT2D eigenvalue weighted by Gasteiger charge is -2.22. The van der Waals surface area contributed by atoms with Crippen molar-refractivity contribution in [2.75, 3.05) is 30.0 Å². The SMILES string of the molecule is CCOCCOc1cccc(C(=O)Nc2ccc(N3C(=O)CCC3C)cc2)c1. The number of benzene rings is 2. The smallest absolute Gasteiger partial charge is 0.255 e. The van der Waals surface area contributed by atoms with Gasteiger partial charge in [-0.25, -0.2) is 0 Å². The van der Waals surface area contributed by atoms with Crippen molar-refractivity contribution in [2.24, 2.45) is 0 Å². The van der Waals surface area contributed by atoms with Gasteiger partial charge in [-0.15, -0.1) is 0 Å². The zero-order chi connectivity index (χ0) is 19.9. The summed E-state index contributed by atoms with van der Waals surface area (Å²) in [7, 11) is 0. The second-order valence-electron chi connectivity index (χ2n) is 6.73. The van der Waals surface area contributed by atoms with Crippen LogP contribution in [0.2, 0.25) is 0 Å². The minimum atomic E-state index is -0.214. The number of hydrogen-bond acceptors (Lipinski definition) is 4. The van der Waals surface area contributed by atoms with Gasteiger partial charge in [0, 0.05) is 36.0 Å². The van der Waals surface area contributed by atoms with Crippen molar-refractivity contribution >= 4 is 23.2 Å². The van der Waals surface area contributed by atoms with Gasteiger partial charge in [0.05, 0.1) is 6.61 Å². The molecule has 0 aromatic heterocycles. The molecule has 1 atom stereocenters. The van der Waals surface area contributed by atoms with Gasteiger partial charge in [0.1, 0.15) is 12.4 Å². The van der Waals surface area contributed by atoms with Gasteiger partial charge in [-0.05, 0) is 62.7 Å². The average molecular weight is 382 g/mol. The molecular formula is C22H26N2O4. The van der Waals surface area contributed by atoms with Crippen molar-refractivity contribution in [3.63, 3.8) is 0 Å². The molecule has 0 radical (unpaired) electrons. The predicted molar refractivity (Wildman–Crippen MR) is 109 cm³/mol. The zero-order valence-electron chi connectivity index (χ0n) is 16.3. The van der Waals surface area contributed by atoms with Crippen LogP contribution < -0.4 is 15.0 Å². The molecule has 1 saturated heterocycles. The molecule has 1 N–H and O–H groups in total. The van der Waals surface area contributed by atoms with Crippen LogP contribution in [0.5, 0.6) is 5.75 Å². The van der Waals surface area contributed by atoms with E-state index in [0.717, 1.165) is 12.1 Å². The minimum absolute atomic E-state index is 0.144. The first-order valence-electron chi connectivity index (χ1n) is 9.62. The van der Waals surface area contributed by atoms with Gasteiger partial charge in [0.2, 0.25) is 5.91 Å². The monoisotopic (exact) mass is 382 g/mol. The fraction of sp³-hybridized carbons (Fsp3) is 0.364. The summed E-state index contributed by atoms with van der Waals surface area (Å²) in [5.41, 5.74) is 2.05. The van der Waals surface area contributed by atoms with Gasteiger partial charge >= 0.3 is 0 Å². The highest BCUT2D eigenvalue weighted by Crippen LogP contribution is 2.27. The molecule has 148 valence electrons. The minimum Gasteiger partial charge on any atom is -0.491 e. The molecule has 0 spiro atoms. The van der Waals surface area contributed by atoms with E-state index in [2.05, 4.69) is 5.32 Å². The highest BCUT2D eigenvalue weighted by molar-refractivity contribution is 6.04. The maximum absolute atomic E-state index is 12.5. The van der Waals surface area contributed by atoms with Crippen LogP contribution in [0.25, 0.3) is 0 Å². The van der Waals surface area contributed by atoms with Crippen LogP contribution in [0.15, 0.2) is 48.5 Å². The molecule has 0 aliphatic carbocycles. The van der Waals surface area contributed by atoms with E-state index in [-0.39, 0.29) is 17.9 Å². The summed E-state index contributed by atoms with van der Waals surface area (Å²) in [5, 5.41) is 2.88. The lowest BCUT2D eigenvalue weighted by molar-refractivity contribution is -0.117. The van der Waals surface area contributed by atoms with Crippen LogP contribution in [0.3, 0.4) is 0 Å². The summed E-state index contributed by atoms with van der Waals surface area (Å²) in [6.07, 6.45) is 1.46. The summed E-state index contributed by atoms with van der Waals surface area (Å²) < 4.78 is 10.8. The normalized spacial score (nSPS) is 16.3. The van der Waals surface area contributed by atoms with E-state index in [1.54, 1.807) is 18.2 Å². The van der Waals surface area contributed by atoms with E-state index in [1.807, 2.05) is 49.1 Å². The van der Waals surface area contributed by atoms with Crippen molar-refractivity contribution in [3.05, 3.63) is 54.1 Å². The second kappa shape index (κ2) is 9.37. The average Bonchev–Trinajstić information content (AvgIpc) is 3.04. The summed E-state index contributed by atoms with van der Waals surface area (Å²) >= 11 is 0. The maximum atomic E-state index is 12.5. The van der Waals surface area contributed by atoms with Gasteiger partial charge in [-0.3, -0.25) is 9.59 Å². The molecule has 6 nitrogen and oxygen atoms in total. The summed E-state index contributed by atoms with van der Waals surface area (Å²) in [6, 6.07) is 14.6. The van der Waals surface area contributed by atoms with Crippen LogP contribution >= 0.6 is 0 Å². The molecule has 1 fully saturated rings. The second-order valence-corrected chi connectivity index (χ2v) is 6.73. The number of rotatable bonds is 8. The molecule has 2 amide bonds. The Kier molecular flexibility index (Phi) is 6.66. The number of nitrogens with one attached hydrogen (secondary N) is 1. The molecule has 0 bridgehead atoms. The van der Waals surface area contributed by atoms with Crippen molar-refractivity contribution in [2.45, 2.75) is 32.7 Å². The number of anilines is 2. The van der Waals surface area contributed by atoms with Crippen LogP contribution in [0, 0.1) is 0 Å². The summed E-state index contributed by atoms with van der Waals surface area (Å²) in [5.74, 6) is 0.559. The Bertz CT molecular complexity index is 820. The van der Waals surface area contributed by atoms with Gasteiger partial charge in [-0.2, -0.15) is 0 Å². The molecule has 2 aromatic carbocycles. The third-order valence-corrected chi connectivity index (χ3v) is 4.69. The number of hydrogen-bond donors (Lipinski definition) is 1. The molecule has 1 unspecified atom stereocenters. The van der Waals surface area contributed by atoms with Crippen molar-refractivity contribution in [1.29, 1.82) is 0 Å². The highest BCUT2D eigenvalue weighted by Gasteiger charge is 2.28. The quantitative estimate of drug-likeness (QED) is 0.704. The molecule has 6 heteroatoms. The van der Waals surface area contributed by atoms with E-state index in [0.29, 0.717) is 43.2 Å². The van der Waals surface area contributed by atoms with Gasteiger partial charge in [-0.1, -0.05) is 6.07 Å². The van der Waals surface area contributed by atoms with Gasteiger partial charge < -0.3 is 19.7 Å². The highest BCUT2D eigenvalue weighted by atomic mass is 16.5. The van der Waals surface area contributed by atoms with E-state index in [4.69, 9.17) is 9.47 Å². The molecule has 1 aliphatic heterocycles. The molecule has 1 aliphatic rings. The Morgan fingerprint density at radius 1 is 1.18 bits per heavy atom. The Morgan fingerprint density at radius 3 is 2.64 bits per heavy atom. The Hall–Kier alpha value is -2.86. The summed E-state index contributed by atoms with van der Waals surface area (Å²) in [6.45, 7) is 5.58. The predicted octanol–water partition coefficient (Wildman–Crippen LogP) is 3.87. The van der Waals surface area contributed by atoms with Crippen molar-refractivity contribution in [1.82, 2.24) is 0 Å². The third-order valence-electron chi connectivity index (χ3n) is 4.69. The topological polar surface area (TPSA) is 67.9 Å². The van der Waals surface area contributed by atoms with E-state index in [1.165, 1.54) is 0 Å². The zero-order valence-corrected chi connectivity index (χ0v) is 16.3. The van der Waals surface area contributed by atoms with E-state index in [9.17, 15) is 9.59 Å². The first-order chi connectivity index (χ1) is 13.6. The molecule has 2 aromatic rings. The molecule has 1 heterocycles. The van der Waals surface area contributed by atoms with Crippen molar-refractivity contribution < 1.29 is 19.1 Å². The fourth-order valence-electron chi connectivity index (χ4n) is 3.22. The number of amides is 2. The van der Waals surface area contributed by atoms with Crippen LogP contribution in [0.4, 0.5) is 11.4 Å². The maximum Gasteiger partial charge on any atom is 0.255 e.